The molecule has 0 bridgehead atoms. The maximum atomic E-state index is 13.1. The van der Waals surface area contributed by atoms with Crippen molar-refractivity contribution in [1.29, 1.82) is 0 Å². The fourth-order valence-corrected chi connectivity index (χ4v) is 2.70. The third-order valence-corrected chi connectivity index (χ3v) is 3.76. The lowest BCUT2D eigenvalue weighted by atomic mass is 10.2. The minimum atomic E-state index is -2.56. The van der Waals surface area contributed by atoms with E-state index < -0.39 is 5.92 Å². The fraction of sp³-hybridized carbons (Fsp3) is 0.538. The molecule has 1 fully saturated rings. The number of fused-ring (bicyclic) bond motifs is 1. The van der Waals surface area contributed by atoms with Gasteiger partial charge in [-0.25, -0.2) is 8.78 Å². The summed E-state index contributed by atoms with van der Waals surface area (Å²) in [7, 11) is 0. The summed E-state index contributed by atoms with van der Waals surface area (Å²) in [5.41, 5.74) is 1.56. The number of hydrogen-bond donors (Lipinski definition) is 1. The molecule has 102 valence electrons. The molecule has 6 heteroatoms. The van der Waals surface area contributed by atoms with Gasteiger partial charge in [0.15, 0.2) is 0 Å². The molecule has 1 N–H and O–H groups in total. The molecule has 2 aliphatic rings. The molecule has 4 nitrogen and oxygen atoms in total. The number of halogens is 2. The molecule has 1 aliphatic heterocycles. The summed E-state index contributed by atoms with van der Waals surface area (Å²) in [6, 6.07) is 1.49. The average Bonchev–Trinajstić information content (AvgIpc) is 2.88. The Bertz CT molecular complexity index is 506. The molecule has 2 heterocycles. The van der Waals surface area contributed by atoms with Gasteiger partial charge in [0.25, 0.3) is 5.91 Å². The number of carbonyl (C=O) groups excluding carboxylic acids is 1. The first kappa shape index (κ1) is 12.5. The van der Waals surface area contributed by atoms with Crippen molar-refractivity contribution in [1.82, 2.24) is 15.2 Å². The highest BCUT2D eigenvalue weighted by Crippen LogP contribution is 2.34. The van der Waals surface area contributed by atoms with E-state index in [-0.39, 0.29) is 24.8 Å². The van der Waals surface area contributed by atoms with E-state index in [2.05, 4.69) is 10.3 Å². The number of hydrogen-bond acceptors (Lipinski definition) is 3. The number of alkyl halides is 2. The van der Waals surface area contributed by atoms with Crippen molar-refractivity contribution in [2.24, 2.45) is 0 Å². The molecule has 1 atom stereocenters. The normalized spacial score (nSPS) is 24.8. The van der Waals surface area contributed by atoms with E-state index in [1.165, 1.54) is 0 Å². The largest absolute Gasteiger partial charge is 0.321 e. The van der Waals surface area contributed by atoms with E-state index in [1.807, 2.05) is 0 Å². The second kappa shape index (κ2) is 4.52. The quantitative estimate of drug-likeness (QED) is 0.908. The maximum Gasteiger partial charge on any atom is 0.255 e. The van der Waals surface area contributed by atoms with Crippen LogP contribution in [-0.4, -0.2) is 34.4 Å². The third kappa shape index (κ3) is 2.45. The van der Waals surface area contributed by atoms with E-state index in [1.54, 1.807) is 23.4 Å². The smallest absolute Gasteiger partial charge is 0.255 e. The Morgan fingerprint density at radius 2 is 2.37 bits per heavy atom. The number of aromatic nitrogens is 1. The molecular formula is C13H15F2N3O. The molecule has 1 unspecified atom stereocenters. The second-order valence-corrected chi connectivity index (χ2v) is 5.19. The molecule has 3 rings (SSSR count). The van der Waals surface area contributed by atoms with E-state index in [4.69, 9.17) is 0 Å². The van der Waals surface area contributed by atoms with Crippen LogP contribution >= 0.6 is 0 Å². The van der Waals surface area contributed by atoms with Crippen molar-refractivity contribution in [3.8, 4) is 0 Å². The van der Waals surface area contributed by atoms with Crippen LogP contribution in [0, 0.1) is 0 Å². The van der Waals surface area contributed by atoms with Crippen molar-refractivity contribution >= 4 is 5.91 Å². The van der Waals surface area contributed by atoms with Crippen LogP contribution < -0.4 is 5.32 Å². The van der Waals surface area contributed by atoms with Crippen LogP contribution in [0.1, 0.15) is 35.2 Å². The van der Waals surface area contributed by atoms with Gasteiger partial charge in [-0.1, -0.05) is 0 Å². The molecule has 0 radical (unpaired) electrons. The summed E-state index contributed by atoms with van der Waals surface area (Å²) < 4.78 is 26.1. The van der Waals surface area contributed by atoms with Gasteiger partial charge in [-0.15, -0.1) is 0 Å². The minimum absolute atomic E-state index is 0.0605. The Hall–Kier alpha value is -1.56. The number of amides is 1. The molecule has 1 saturated carbocycles. The number of rotatable bonds is 3. The summed E-state index contributed by atoms with van der Waals surface area (Å²) in [6.07, 6.45) is 3.53. The molecule has 1 aromatic rings. The molecule has 19 heavy (non-hydrogen) atoms. The van der Waals surface area contributed by atoms with Gasteiger partial charge in [-0.2, -0.15) is 0 Å². The summed E-state index contributed by atoms with van der Waals surface area (Å²) >= 11 is 0. The Kier molecular flexibility index (Phi) is 2.97. The van der Waals surface area contributed by atoms with Crippen LogP contribution in [0.25, 0.3) is 0 Å². The fourth-order valence-electron chi connectivity index (χ4n) is 2.70. The van der Waals surface area contributed by atoms with Gasteiger partial charge in [0, 0.05) is 48.9 Å². The maximum absolute atomic E-state index is 13.1. The van der Waals surface area contributed by atoms with Crippen molar-refractivity contribution in [2.75, 3.05) is 6.67 Å². The molecule has 1 amide bonds. The summed E-state index contributed by atoms with van der Waals surface area (Å²) in [4.78, 5) is 17.7. The van der Waals surface area contributed by atoms with Crippen molar-refractivity contribution in [3.63, 3.8) is 0 Å². The zero-order chi connectivity index (χ0) is 13.5. The van der Waals surface area contributed by atoms with E-state index in [9.17, 15) is 13.6 Å². The lowest BCUT2D eigenvalue weighted by Gasteiger charge is -2.20. The van der Waals surface area contributed by atoms with Gasteiger partial charge in [0.05, 0.1) is 6.67 Å². The monoisotopic (exact) mass is 267 g/mol. The van der Waals surface area contributed by atoms with Crippen LogP contribution in [0.2, 0.25) is 0 Å². The number of pyridine rings is 1. The van der Waals surface area contributed by atoms with Crippen LogP contribution in [-0.2, 0) is 6.54 Å². The van der Waals surface area contributed by atoms with E-state index in [0.717, 1.165) is 5.56 Å². The van der Waals surface area contributed by atoms with Crippen molar-refractivity contribution in [3.05, 3.63) is 29.6 Å². The lowest BCUT2D eigenvalue weighted by molar-refractivity contribution is 0.00656. The van der Waals surface area contributed by atoms with E-state index >= 15 is 0 Å². The number of nitrogens with zero attached hydrogens (tertiary/aromatic N) is 2. The summed E-state index contributed by atoms with van der Waals surface area (Å²) in [5, 5.41) is 3.05. The predicted molar refractivity (Wildman–Crippen MR) is 64.7 cm³/mol. The minimum Gasteiger partial charge on any atom is -0.321 e. The molecule has 0 saturated heterocycles. The highest BCUT2D eigenvalue weighted by atomic mass is 19.3. The summed E-state index contributed by atoms with van der Waals surface area (Å²) in [6.45, 7) is 0.812. The number of carbonyl (C=O) groups is 1. The molecule has 0 spiro atoms. The first-order valence-corrected chi connectivity index (χ1v) is 6.38. The van der Waals surface area contributed by atoms with Crippen LogP contribution in [0.4, 0.5) is 8.78 Å². The standard InChI is InChI=1S/C13H15F2N3O/c14-13(15)3-1-10(5-13)17-8-18-7-9-6-16-4-2-11(9)12(18)19/h2,4,6,10,17H,1,3,5,7-8H2. The lowest BCUT2D eigenvalue weighted by Crippen LogP contribution is -2.39. The highest BCUT2D eigenvalue weighted by Gasteiger charge is 2.39. The Morgan fingerprint density at radius 3 is 3.05 bits per heavy atom. The van der Waals surface area contributed by atoms with Gasteiger partial charge < -0.3 is 4.90 Å². The highest BCUT2D eigenvalue weighted by molar-refractivity contribution is 5.98. The van der Waals surface area contributed by atoms with Gasteiger partial charge in [0.1, 0.15) is 0 Å². The zero-order valence-corrected chi connectivity index (χ0v) is 10.4. The summed E-state index contributed by atoms with van der Waals surface area (Å²) in [5.74, 6) is -2.62. The van der Waals surface area contributed by atoms with Crippen LogP contribution in [0.3, 0.4) is 0 Å². The van der Waals surface area contributed by atoms with Gasteiger partial charge in [0.2, 0.25) is 5.92 Å². The third-order valence-electron chi connectivity index (χ3n) is 3.76. The first-order chi connectivity index (χ1) is 9.05. The zero-order valence-electron chi connectivity index (χ0n) is 10.4. The Balaban J connectivity index is 1.57. The van der Waals surface area contributed by atoms with Crippen LogP contribution in [0.15, 0.2) is 18.5 Å². The van der Waals surface area contributed by atoms with Crippen molar-refractivity contribution in [2.45, 2.75) is 37.8 Å². The predicted octanol–water partition coefficient (Wildman–Crippen LogP) is 1.77. The molecular weight excluding hydrogens is 252 g/mol. The Morgan fingerprint density at radius 1 is 1.53 bits per heavy atom. The number of nitrogens with one attached hydrogen (secondary N) is 1. The Labute approximate surface area is 109 Å². The second-order valence-electron chi connectivity index (χ2n) is 5.19. The topological polar surface area (TPSA) is 45.2 Å². The SMILES string of the molecule is O=C1c2ccncc2CN1CNC1CCC(F)(F)C1. The van der Waals surface area contributed by atoms with Gasteiger partial charge in [-0.3, -0.25) is 15.1 Å². The molecule has 0 aromatic carbocycles. The van der Waals surface area contributed by atoms with Gasteiger partial charge >= 0.3 is 0 Å². The molecule has 1 aromatic heterocycles. The molecule has 1 aliphatic carbocycles. The van der Waals surface area contributed by atoms with Crippen LogP contribution in [0.5, 0.6) is 0 Å². The average molecular weight is 267 g/mol. The van der Waals surface area contributed by atoms with Gasteiger partial charge in [-0.05, 0) is 12.5 Å². The van der Waals surface area contributed by atoms with E-state index in [0.29, 0.717) is 25.2 Å². The first-order valence-electron chi connectivity index (χ1n) is 6.38. The van der Waals surface area contributed by atoms with Crippen molar-refractivity contribution < 1.29 is 13.6 Å².